The van der Waals surface area contributed by atoms with Gasteiger partial charge in [-0.2, -0.15) is 38.2 Å². The van der Waals surface area contributed by atoms with Crippen molar-refractivity contribution in [1.82, 2.24) is 10.6 Å². The van der Waals surface area contributed by atoms with E-state index in [0.717, 1.165) is 17.0 Å². The third-order valence-corrected chi connectivity index (χ3v) is 25.3. The molecule has 25 nitrogen and oxygen atoms in total. The van der Waals surface area contributed by atoms with Crippen molar-refractivity contribution in [2.75, 3.05) is 83.6 Å². The lowest BCUT2D eigenvalue weighted by Gasteiger charge is -2.27. The molecule has 107 heavy (non-hydrogen) atoms. The maximum absolute atomic E-state index is 15.2. The van der Waals surface area contributed by atoms with Crippen molar-refractivity contribution in [2.45, 2.75) is 124 Å². The van der Waals surface area contributed by atoms with Gasteiger partial charge in [-0.1, -0.05) is 80.6 Å². The molecule has 3 aliphatic rings. The molecule has 0 unspecified atom stereocenters. The molecule has 6 N–H and O–H groups in total. The summed E-state index contributed by atoms with van der Waals surface area (Å²) in [6, 6.07) is 36.2. The number of carbonyl (C=O) groups is 3. The van der Waals surface area contributed by atoms with E-state index in [4.69, 9.17) is 23.7 Å². The summed E-state index contributed by atoms with van der Waals surface area (Å²) in [4.78, 5) is 40.4. The standard InChI is InChI=1S/C77H91N4O21PS4/c1-76(2)65-53-62(106(92,93)94)34-37-67(65)80(70(76)39-28-55-20-17-21-56(73(55)102-58-30-32-61(33-31-58)105(89,90)91)29-40-71-77(3,4)66-54-63(107(95,96)97)35-38-68(66)81(71)44-15-16-51-104(86,87)88)43-14-8-13-26-72(82)78-41-18-45-99-47-49-101-50-48-100-46-19-42-79-74(83)57-27-36-64(75(84)98-5)69(52-57)103(85,59-22-9-6-10-23-59)60-24-11-7-12-25-60/h6-7,9-12,22-25,27-40,52-54H,8,13-21,26,41-51H2,1-5H3,(H5-,78,79,82,83,86,87,88,89,90,91,92,93,94,95,96,97)/p+1. The van der Waals surface area contributed by atoms with Gasteiger partial charge in [0.2, 0.25) is 11.6 Å². The van der Waals surface area contributed by atoms with Gasteiger partial charge in [0.25, 0.3) is 46.4 Å². The van der Waals surface area contributed by atoms with Gasteiger partial charge < -0.3 is 43.8 Å². The van der Waals surface area contributed by atoms with Gasteiger partial charge in [0.1, 0.15) is 18.1 Å². The van der Waals surface area contributed by atoms with Crippen LogP contribution in [0.25, 0.3) is 0 Å². The summed E-state index contributed by atoms with van der Waals surface area (Å²) < 4.78 is 183. The molecule has 0 atom stereocenters. The fraction of sp³-hybridized carbons (Fsp3) is 0.377. The number of hydrogen-bond donors (Lipinski definition) is 6. The number of nitrogens with zero attached hydrogens (tertiary/aromatic N) is 2. The van der Waals surface area contributed by atoms with Gasteiger partial charge in [-0.3, -0.25) is 27.8 Å². The number of unbranched alkanes of at least 4 members (excludes halogenated alkanes) is 3. The number of fused-ring (bicyclic) bond motifs is 2. The monoisotopic (exact) mass is 1570 g/mol. The summed E-state index contributed by atoms with van der Waals surface area (Å²) in [7, 11) is -20.4. The fourth-order valence-corrected chi connectivity index (χ4v) is 18.3. The average Bonchev–Trinajstić information content (AvgIpc) is 1.70. The first-order chi connectivity index (χ1) is 50.7. The molecule has 0 radical (unpaired) electrons. The third kappa shape index (κ3) is 21.4. The first-order valence-electron chi connectivity index (χ1n) is 35.2. The number of esters is 1. The first-order valence-corrected chi connectivity index (χ1v) is 42.8. The SMILES string of the molecule is COC(=O)c1ccc(C(=O)NCCCOCCOCCOCCCNC(=O)CCCCC[N+]2=C(/C=C/C3=C(Oc4ccc(S(=O)(=O)O)cc4)C(=C/C=C4/N(CCCCS(=O)(=O)O)c5ccc(S(=O)(=O)O)cc5C4(C)C)/CCC3)C(C)(C)c3cc(S(=O)(=O)O)ccc32)cc1P(=O)(c1ccccc1)c1ccccc1. The van der Waals surface area contributed by atoms with Crippen molar-refractivity contribution in [1.29, 1.82) is 0 Å². The quantitative estimate of drug-likeness (QED) is 0.00689. The maximum Gasteiger partial charge on any atom is 0.338 e. The molecule has 2 aliphatic heterocycles. The summed E-state index contributed by atoms with van der Waals surface area (Å²) in [5, 5.41) is 7.04. The van der Waals surface area contributed by atoms with Crippen LogP contribution in [0.4, 0.5) is 11.4 Å². The molecule has 0 spiro atoms. The van der Waals surface area contributed by atoms with Crippen LogP contribution in [0.5, 0.6) is 5.75 Å². The summed E-state index contributed by atoms with van der Waals surface area (Å²) in [6.45, 7) is 11.2. The molecular formula is C77H92N4O21PS4+. The van der Waals surface area contributed by atoms with E-state index < -0.39 is 76.1 Å². The van der Waals surface area contributed by atoms with Gasteiger partial charge >= 0.3 is 5.97 Å². The van der Waals surface area contributed by atoms with E-state index in [-0.39, 0.29) is 62.2 Å². The molecule has 0 bridgehead atoms. The normalized spacial score (nSPS) is 16.0. The molecule has 30 heteroatoms. The zero-order valence-electron chi connectivity index (χ0n) is 60.3. The third-order valence-electron chi connectivity index (χ3n) is 18.9. The highest BCUT2D eigenvalue weighted by Crippen LogP contribution is 2.50. The Morgan fingerprint density at radius 1 is 0.589 bits per heavy atom. The smallest absolute Gasteiger partial charge is 0.338 e. The highest BCUT2D eigenvalue weighted by atomic mass is 32.2. The molecule has 6 aromatic carbocycles. The van der Waals surface area contributed by atoms with Crippen molar-refractivity contribution in [3.05, 3.63) is 209 Å². The Kier molecular flexibility index (Phi) is 28.1. The fourth-order valence-electron chi connectivity index (χ4n) is 13.3. The molecular weight excluding hydrogens is 1480 g/mol. The van der Waals surface area contributed by atoms with Crippen LogP contribution in [0, 0.1) is 0 Å². The molecule has 0 saturated carbocycles. The molecule has 6 aromatic rings. The number of amides is 2. The Morgan fingerprint density at radius 2 is 1.17 bits per heavy atom. The Morgan fingerprint density at radius 3 is 1.77 bits per heavy atom. The van der Waals surface area contributed by atoms with E-state index in [0.29, 0.717) is 162 Å². The van der Waals surface area contributed by atoms with Gasteiger partial charge in [0.05, 0.1) is 65.0 Å². The lowest BCUT2D eigenvalue weighted by Crippen LogP contribution is -2.31. The van der Waals surface area contributed by atoms with Crippen LogP contribution in [0.1, 0.15) is 130 Å². The van der Waals surface area contributed by atoms with Gasteiger partial charge in [0, 0.05) is 102 Å². The summed E-state index contributed by atoms with van der Waals surface area (Å²) >= 11 is 0. The Balaban J connectivity index is 0.767. The lowest BCUT2D eigenvalue weighted by atomic mass is 9.81. The minimum Gasteiger partial charge on any atom is -0.465 e. The van der Waals surface area contributed by atoms with E-state index >= 15 is 4.57 Å². The molecule has 2 heterocycles. The second-order valence-electron chi connectivity index (χ2n) is 27.0. The van der Waals surface area contributed by atoms with Gasteiger partial charge in [-0.05, 0) is 173 Å². The highest BCUT2D eigenvalue weighted by molar-refractivity contribution is 7.86. The highest BCUT2D eigenvalue weighted by Gasteiger charge is 2.46. The zero-order valence-corrected chi connectivity index (χ0v) is 64.5. The van der Waals surface area contributed by atoms with Crippen LogP contribution in [-0.4, -0.2) is 159 Å². The Hall–Kier alpha value is -8.29. The molecule has 0 aromatic heterocycles. The molecule has 2 amide bonds. The molecule has 0 saturated heterocycles. The average molecular weight is 1570 g/mol. The van der Waals surface area contributed by atoms with Crippen LogP contribution in [0.15, 0.2) is 201 Å². The maximum atomic E-state index is 15.2. The van der Waals surface area contributed by atoms with Crippen molar-refractivity contribution in [3.63, 3.8) is 0 Å². The largest absolute Gasteiger partial charge is 0.465 e. The van der Waals surface area contributed by atoms with Crippen molar-refractivity contribution >= 4 is 98.4 Å². The molecule has 574 valence electrons. The number of ether oxygens (including phenoxy) is 5. The van der Waals surface area contributed by atoms with E-state index in [1.807, 2.05) is 69.0 Å². The predicted octanol–water partition coefficient (Wildman–Crippen LogP) is 10.5. The molecule has 9 rings (SSSR count). The number of methoxy groups -OCH3 is 1. The number of rotatable bonds is 38. The van der Waals surface area contributed by atoms with E-state index in [2.05, 4.69) is 15.2 Å². The van der Waals surface area contributed by atoms with Crippen LogP contribution in [-0.2, 0) is 79.6 Å². The van der Waals surface area contributed by atoms with Gasteiger partial charge in [-0.25, -0.2) is 4.79 Å². The summed E-state index contributed by atoms with van der Waals surface area (Å²) in [5.74, 6) is -0.988. The van der Waals surface area contributed by atoms with Crippen molar-refractivity contribution in [3.8, 4) is 5.75 Å². The van der Waals surface area contributed by atoms with E-state index in [9.17, 15) is 66.3 Å². The Labute approximate surface area is 626 Å². The number of carbonyl (C=O) groups excluding carboxylic acids is 3. The second-order valence-corrected chi connectivity index (χ2v) is 35.6. The first kappa shape index (κ1) is 82.8. The van der Waals surface area contributed by atoms with Crippen LogP contribution in [0.3, 0.4) is 0 Å². The Bertz CT molecular complexity index is 4880. The topological polar surface area (TPSA) is 362 Å². The number of hydrogen-bond acceptors (Lipinski definition) is 18. The van der Waals surface area contributed by atoms with Crippen LogP contribution >= 0.6 is 7.14 Å². The lowest BCUT2D eigenvalue weighted by molar-refractivity contribution is -0.438. The van der Waals surface area contributed by atoms with Crippen molar-refractivity contribution in [2.24, 2.45) is 0 Å². The molecule has 1 aliphatic carbocycles. The van der Waals surface area contributed by atoms with Crippen LogP contribution < -0.4 is 36.2 Å². The van der Waals surface area contributed by atoms with Gasteiger partial charge in [-0.15, -0.1) is 0 Å². The van der Waals surface area contributed by atoms with E-state index in [1.54, 1.807) is 60.7 Å². The zero-order chi connectivity index (χ0) is 77.4. The number of nitrogens with one attached hydrogen (secondary N) is 2. The van der Waals surface area contributed by atoms with Crippen molar-refractivity contribution < 1.29 is 99.1 Å². The number of allylic oxidation sites excluding steroid dienone is 7. The minimum atomic E-state index is -4.60. The summed E-state index contributed by atoms with van der Waals surface area (Å²) in [6.07, 6.45) is 12.9. The minimum absolute atomic E-state index is 0.101. The van der Waals surface area contributed by atoms with Crippen LogP contribution in [0.2, 0.25) is 0 Å². The summed E-state index contributed by atoms with van der Waals surface area (Å²) in [5.41, 5.74) is 4.12. The number of benzene rings is 6. The molecule has 0 fully saturated rings. The van der Waals surface area contributed by atoms with Gasteiger partial charge in [0.15, 0.2) is 12.9 Å². The second kappa shape index (κ2) is 36.3. The predicted molar refractivity (Wildman–Crippen MR) is 407 cm³/mol. The number of anilines is 1. The van der Waals surface area contributed by atoms with E-state index in [1.165, 1.54) is 73.8 Å².